The Kier molecular flexibility index (Phi) is 5.83. The van der Waals surface area contributed by atoms with Gasteiger partial charge in [0.05, 0.1) is 6.54 Å². The molecule has 4 nitrogen and oxygen atoms in total. The minimum Gasteiger partial charge on any atom is -0.349 e. The van der Waals surface area contributed by atoms with E-state index in [1.54, 1.807) is 11.3 Å². The van der Waals surface area contributed by atoms with Gasteiger partial charge in [-0.1, -0.05) is 13.0 Å². The molecule has 20 heavy (non-hydrogen) atoms. The van der Waals surface area contributed by atoms with Crippen LogP contribution in [0.3, 0.4) is 0 Å². The molecule has 5 heteroatoms. The third-order valence-electron chi connectivity index (χ3n) is 2.98. The number of amides is 1. The van der Waals surface area contributed by atoms with Crippen LogP contribution in [0.1, 0.15) is 28.7 Å². The monoisotopic (exact) mass is 291 g/mol. The van der Waals surface area contributed by atoms with Gasteiger partial charge in [0.2, 0.25) is 0 Å². The predicted octanol–water partition coefficient (Wildman–Crippen LogP) is 2.33. The van der Waals surface area contributed by atoms with Crippen molar-refractivity contribution in [1.82, 2.24) is 15.2 Å². The van der Waals surface area contributed by atoms with Crippen molar-refractivity contribution in [3.05, 3.63) is 46.4 Å². The molecule has 2 N–H and O–H groups in total. The van der Waals surface area contributed by atoms with Crippen molar-refractivity contribution in [2.24, 2.45) is 0 Å². The summed E-state index contributed by atoms with van der Waals surface area (Å²) in [5.74, 6) is -0.00939. The Hall–Kier alpha value is -1.59. The number of thiophene rings is 1. The lowest BCUT2D eigenvalue weighted by Crippen LogP contribution is -2.33. The van der Waals surface area contributed by atoms with E-state index >= 15 is 0 Å². The number of nitrogens with zero attached hydrogens (tertiary/aromatic N) is 1. The molecule has 1 amide bonds. The number of carbonyl (C=O) groups is 1. The average molecular weight is 291 g/mol. The molecular weight excluding hydrogens is 270 g/mol. The van der Waals surface area contributed by atoms with E-state index in [1.165, 1.54) is 4.88 Å². The molecule has 0 unspecified atom stereocenters. The van der Waals surface area contributed by atoms with Crippen molar-refractivity contribution >= 4 is 17.2 Å². The van der Waals surface area contributed by atoms with E-state index in [4.69, 9.17) is 0 Å². The third kappa shape index (κ3) is 4.21. The highest BCUT2D eigenvalue weighted by Gasteiger charge is 2.10. The van der Waals surface area contributed by atoms with Gasteiger partial charge in [-0.25, -0.2) is 0 Å². The molecule has 108 valence electrons. The molecule has 2 aromatic rings. The fourth-order valence-corrected chi connectivity index (χ4v) is 2.69. The molecule has 0 aliphatic carbocycles. The van der Waals surface area contributed by atoms with Crippen LogP contribution in [0.5, 0.6) is 0 Å². The Bertz CT molecular complexity index is 519. The summed E-state index contributed by atoms with van der Waals surface area (Å²) in [6, 6.07) is 7.89. The van der Waals surface area contributed by atoms with E-state index < -0.39 is 0 Å². The van der Waals surface area contributed by atoms with Crippen LogP contribution >= 0.6 is 11.3 Å². The maximum absolute atomic E-state index is 12.1. The van der Waals surface area contributed by atoms with Gasteiger partial charge >= 0.3 is 0 Å². The Morgan fingerprint density at radius 3 is 2.90 bits per heavy atom. The first-order chi connectivity index (χ1) is 9.81. The second kappa shape index (κ2) is 7.87. The lowest BCUT2D eigenvalue weighted by Gasteiger charge is -2.09. The van der Waals surface area contributed by atoms with Gasteiger partial charge < -0.3 is 15.2 Å². The number of nitrogens with one attached hydrogen (secondary N) is 2. The maximum Gasteiger partial charge on any atom is 0.267 e. The molecule has 0 spiro atoms. The Labute approximate surface area is 123 Å². The smallest absolute Gasteiger partial charge is 0.267 e. The summed E-state index contributed by atoms with van der Waals surface area (Å²) in [5, 5.41) is 8.27. The van der Waals surface area contributed by atoms with Crippen LogP contribution < -0.4 is 10.6 Å². The van der Waals surface area contributed by atoms with E-state index in [9.17, 15) is 4.79 Å². The molecule has 0 aromatic carbocycles. The summed E-state index contributed by atoms with van der Waals surface area (Å²) >= 11 is 1.71. The first-order valence-electron chi connectivity index (χ1n) is 6.97. The van der Waals surface area contributed by atoms with Gasteiger partial charge in [-0.2, -0.15) is 0 Å². The second-order valence-electron chi connectivity index (χ2n) is 4.61. The van der Waals surface area contributed by atoms with Crippen molar-refractivity contribution in [3.63, 3.8) is 0 Å². The van der Waals surface area contributed by atoms with E-state index in [2.05, 4.69) is 29.0 Å². The van der Waals surface area contributed by atoms with Crippen LogP contribution in [0.2, 0.25) is 0 Å². The van der Waals surface area contributed by atoms with E-state index in [0.29, 0.717) is 12.2 Å². The maximum atomic E-state index is 12.1. The molecule has 2 aromatic heterocycles. The van der Waals surface area contributed by atoms with Crippen LogP contribution in [0, 0.1) is 0 Å². The molecule has 0 atom stereocenters. The Morgan fingerprint density at radius 1 is 1.25 bits per heavy atom. The predicted molar refractivity (Wildman–Crippen MR) is 83.3 cm³/mol. The fourth-order valence-electron chi connectivity index (χ4n) is 1.99. The van der Waals surface area contributed by atoms with Crippen LogP contribution in [-0.4, -0.2) is 30.1 Å². The lowest BCUT2D eigenvalue weighted by molar-refractivity contribution is 0.0945. The number of hydrogen-bond donors (Lipinski definition) is 2. The zero-order chi connectivity index (χ0) is 14.2. The molecule has 0 bridgehead atoms. The first-order valence-corrected chi connectivity index (χ1v) is 7.85. The van der Waals surface area contributed by atoms with Gasteiger partial charge in [-0.15, -0.1) is 11.3 Å². The normalized spacial score (nSPS) is 10.7. The summed E-state index contributed by atoms with van der Waals surface area (Å²) in [4.78, 5) is 13.4. The summed E-state index contributed by atoms with van der Waals surface area (Å²) in [7, 11) is 0. The lowest BCUT2D eigenvalue weighted by atomic mass is 10.3. The molecule has 2 rings (SSSR count). The minimum absolute atomic E-state index is 0.00939. The van der Waals surface area contributed by atoms with Crippen molar-refractivity contribution < 1.29 is 4.79 Å². The highest BCUT2D eigenvalue weighted by atomic mass is 32.1. The number of hydrogen-bond acceptors (Lipinski definition) is 3. The number of rotatable bonds is 8. The molecule has 0 aliphatic heterocycles. The molecule has 0 fully saturated rings. The third-order valence-corrected chi connectivity index (χ3v) is 3.84. The van der Waals surface area contributed by atoms with Crippen LogP contribution in [0.25, 0.3) is 0 Å². The summed E-state index contributed by atoms with van der Waals surface area (Å²) in [6.45, 7) is 5.34. The van der Waals surface area contributed by atoms with E-state index in [0.717, 1.165) is 26.1 Å². The first kappa shape index (κ1) is 14.8. The average Bonchev–Trinajstić information content (AvgIpc) is 3.10. The van der Waals surface area contributed by atoms with Crippen LogP contribution in [0.15, 0.2) is 35.8 Å². The highest BCUT2D eigenvalue weighted by Crippen LogP contribution is 2.12. The molecule has 0 saturated carbocycles. The van der Waals surface area contributed by atoms with Crippen molar-refractivity contribution in [1.29, 1.82) is 0 Å². The van der Waals surface area contributed by atoms with Gasteiger partial charge in [0.15, 0.2) is 0 Å². The molecule has 0 aliphatic rings. The van der Waals surface area contributed by atoms with Gasteiger partial charge in [0.1, 0.15) is 5.69 Å². The highest BCUT2D eigenvalue weighted by molar-refractivity contribution is 7.09. The number of aromatic nitrogens is 1. The van der Waals surface area contributed by atoms with Gasteiger partial charge in [0.25, 0.3) is 5.91 Å². The summed E-state index contributed by atoms with van der Waals surface area (Å²) in [6.07, 6.45) is 3.06. The van der Waals surface area contributed by atoms with Crippen LogP contribution in [0.4, 0.5) is 0 Å². The zero-order valence-electron chi connectivity index (χ0n) is 11.8. The number of carbonyl (C=O) groups excluding carboxylic acids is 1. The Morgan fingerprint density at radius 2 is 2.15 bits per heavy atom. The topological polar surface area (TPSA) is 46.1 Å². The van der Waals surface area contributed by atoms with Crippen molar-refractivity contribution in [2.75, 3.05) is 19.6 Å². The van der Waals surface area contributed by atoms with Crippen molar-refractivity contribution in [3.8, 4) is 0 Å². The second-order valence-corrected chi connectivity index (χ2v) is 5.64. The van der Waals surface area contributed by atoms with Crippen LogP contribution in [-0.2, 0) is 6.54 Å². The van der Waals surface area contributed by atoms with Gasteiger partial charge in [-0.05, 0) is 36.5 Å². The molecule has 0 saturated heterocycles. The zero-order valence-corrected chi connectivity index (χ0v) is 12.6. The van der Waals surface area contributed by atoms with Crippen molar-refractivity contribution in [2.45, 2.75) is 19.9 Å². The quantitative estimate of drug-likeness (QED) is 0.733. The minimum atomic E-state index is -0.00939. The van der Waals surface area contributed by atoms with Gasteiger partial charge in [-0.3, -0.25) is 4.79 Å². The molecular formula is C15H21N3OS. The van der Waals surface area contributed by atoms with Gasteiger partial charge in [0, 0.05) is 24.2 Å². The van der Waals surface area contributed by atoms with E-state index in [1.807, 2.05) is 29.0 Å². The van der Waals surface area contributed by atoms with E-state index in [-0.39, 0.29) is 5.91 Å². The fraction of sp³-hybridized carbons (Fsp3) is 0.400. The molecule has 2 heterocycles. The molecule has 0 radical (unpaired) electrons. The summed E-state index contributed by atoms with van der Waals surface area (Å²) < 4.78 is 1.99. The standard InChI is InChI=1S/C15H21N3OS/c1-2-7-16-8-9-17-15(19)14-6-3-10-18(14)12-13-5-4-11-20-13/h3-6,10-11,16H,2,7-9,12H2,1H3,(H,17,19). The SMILES string of the molecule is CCCNCCNC(=O)c1cccn1Cc1cccs1. The largest absolute Gasteiger partial charge is 0.349 e. The summed E-state index contributed by atoms with van der Waals surface area (Å²) in [5.41, 5.74) is 0.717. The Balaban J connectivity index is 1.85.